The van der Waals surface area contributed by atoms with Gasteiger partial charge in [0.25, 0.3) is 5.92 Å². The van der Waals surface area contributed by atoms with E-state index >= 15 is 0 Å². The van der Waals surface area contributed by atoms with Crippen molar-refractivity contribution >= 4 is 22.6 Å². The van der Waals surface area contributed by atoms with Crippen LogP contribution in [-0.4, -0.2) is 20.4 Å². The first kappa shape index (κ1) is 20.4. The van der Waals surface area contributed by atoms with Crippen LogP contribution in [0.1, 0.15) is 44.8 Å². The first-order valence-corrected chi connectivity index (χ1v) is 9.22. The van der Waals surface area contributed by atoms with E-state index in [1.165, 1.54) is 19.4 Å². The second-order valence-corrected chi connectivity index (χ2v) is 7.10. The fourth-order valence-corrected chi connectivity index (χ4v) is 3.40. The average Bonchev–Trinajstić information content (AvgIpc) is 2.99. The van der Waals surface area contributed by atoms with Gasteiger partial charge in [-0.1, -0.05) is 6.07 Å². The second kappa shape index (κ2) is 7.95. The maximum absolute atomic E-state index is 13.7. The maximum Gasteiger partial charge on any atom is 0.286 e. The lowest BCUT2D eigenvalue weighted by Gasteiger charge is -2.27. The highest BCUT2D eigenvalue weighted by Gasteiger charge is 2.27. The Morgan fingerprint density at radius 2 is 2.07 bits per heavy atom. The van der Waals surface area contributed by atoms with Gasteiger partial charge in [0, 0.05) is 43.6 Å². The van der Waals surface area contributed by atoms with Gasteiger partial charge in [-0.2, -0.15) is 8.78 Å². The molecule has 3 heterocycles. The number of halogens is 2. The minimum absolute atomic E-state index is 0.215. The van der Waals surface area contributed by atoms with Crippen molar-refractivity contribution in [3.05, 3.63) is 42.4 Å². The molecule has 1 aliphatic rings. The number of nitrogens with one attached hydrogen (secondary N) is 1. The zero-order valence-electron chi connectivity index (χ0n) is 16.2. The molecule has 1 fully saturated rings. The molecule has 1 amide bonds. The van der Waals surface area contributed by atoms with Crippen LogP contribution in [0.5, 0.6) is 0 Å². The molecule has 3 aromatic rings. The number of hydrogen-bond donors (Lipinski definition) is 1. The van der Waals surface area contributed by atoms with E-state index < -0.39 is 5.92 Å². The first-order chi connectivity index (χ1) is 13.8. The summed E-state index contributed by atoms with van der Waals surface area (Å²) in [7, 11) is 0. The molecular weight excluding hydrogens is 376 g/mol. The summed E-state index contributed by atoms with van der Waals surface area (Å²) in [5, 5.41) is 10.0. The maximum atomic E-state index is 13.7. The fraction of sp³-hybridized carbons (Fsp3) is 0.333. The molecule has 0 bridgehead atoms. The van der Waals surface area contributed by atoms with E-state index in [2.05, 4.69) is 26.4 Å². The van der Waals surface area contributed by atoms with E-state index in [0.29, 0.717) is 17.6 Å². The monoisotopic (exact) mass is 397 g/mol. The Hall–Kier alpha value is -3.34. The van der Waals surface area contributed by atoms with Crippen molar-refractivity contribution in [1.29, 1.82) is 5.26 Å². The van der Waals surface area contributed by atoms with Gasteiger partial charge < -0.3 is 9.88 Å². The van der Waals surface area contributed by atoms with E-state index in [9.17, 15) is 13.6 Å². The Morgan fingerprint density at radius 1 is 1.34 bits per heavy atom. The van der Waals surface area contributed by atoms with Crippen LogP contribution < -0.4 is 5.32 Å². The van der Waals surface area contributed by atoms with Crippen LogP contribution >= 0.6 is 0 Å². The SMILES string of the molecule is C#N.CC(=O)Nc1cc2c(-c3cccc(C(C)(F)F)n3)cn(C3CCC3)c2cn1. The van der Waals surface area contributed by atoms with Gasteiger partial charge in [-0.15, -0.1) is 0 Å². The number of aromatic nitrogens is 3. The summed E-state index contributed by atoms with van der Waals surface area (Å²) in [6.45, 7) is 5.76. The molecular formula is C21H21F2N5O. The molecule has 8 heteroatoms. The summed E-state index contributed by atoms with van der Waals surface area (Å²) in [6, 6.07) is 6.81. The first-order valence-electron chi connectivity index (χ1n) is 9.22. The largest absolute Gasteiger partial charge is 0.342 e. The van der Waals surface area contributed by atoms with E-state index in [-0.39, 0.29) is 11.6 Å². The van der Waals surface area contributed by atoms with Crippen LogP contribution in [-0.2, 0) is 10.7 Å². The number of anilines is 1. The number of rotatable bonds is 4. The molecule has 1 N–H and O–H groups in total. The van der Waals surface area contributed by atoms with Gasteiger partial charge in [-0.3, -0.25) is 4.79 Å². The number of carbonyl (C=O) groups is 1. The van der Waals surface area contributed by atoms with Gasteiger partial charge in [0.1, 0.15) is 11.5 Å². The lowest BCUT2D eigenvalue weighted by Crippen LogP contribution is -2.16. The Labute approximate surface area is 167 Å². The van der Waals surface area contributed by atoms with Crippen LogP contribution in [0.2, 0.25) is 0 Å². The average molecular weight is 397 g/mol. The fourth-order valence-electron chi connectivity index (χ4n) is 3.40. The van der Waals surface area contributed by atoms with Crippen LogP contribution in [0, 0.1) is 11.8 Å². The number of hydrogen-bond acceptors (Lipinski definition) is 4. The van der Waals surface area contributed by atoms with Gasteiger partial charge in [-0.05, 0) is 37.5 Å². The quantitative estimate of drug-likeness (QED) is 0.669. The molecule has 1 saturated carbocycles. The Kier molecular flexibility index (Phi) is 5.59. The molecule has 0 saturated heterocycles. The number of fused-ring (bicyclic) bond motifs is 1. The highest BCUT2D eigenvalue weighted by molar-refractivity contribution is 5.98. The van der Waals surface area contributed by atoms with Crippen molar-refractivity contribution in [1.82, 2.24) is 14.5 Å². The van der Waals surface area contributed by atoms with Gasteiger partial charge in [-0.25, -0.2) is 15.2 Å². The summed E-state index contributed by atoms with van der Waals surface area (Å²) in [5.74, 6) is -2.79. The molecule has 0 aliphatic heterocycles. The molecule has 4 rings (SSSR count). The van der Waals surface area contributed by atoms with Crippen LogP contribution in [0.4, 0.5) is 14.6 Å². The van der Waals surface area contributed by atoms with Gasteiger partial charge in [0.15, 0.2) is 0 Å². The van der Waals surface area contributed by atoms with Crippen LogP contribution in [0.15, 0.2) is 36.7 Å². The third-order valence-corrected chi connectivity index (χ3v) is 4.97. The third-order valence-electron chi connectivity index (χ3n) is 4.97. The molecule has 0 spiro atoms. The second-order valence-electron chi connectivity index (χ2n) is 7.10. The number of amides is 1. The highest BCUT2D eigenvalue weighted by atomic mass is 19.3. The minimum atomic E-state index is -3.01. The lowest BCUT2D eigenvalue weighted by atomic mass is 9.93. The predicted octanol–water partition coefficient (Wildman–Crippen LogP) is 5.03. The number of alkyl halides is 2. The van der Waals surface area contributed by atoms with Gasteiger partial charge >= 0.3 is 0 Å². The molecule has 1 aliphatic carbocycles. The van der Waals surface area contributed by atoms with E-state index in [1.54, 1.807) is 24.4 Å². The Balaban J connectivity index is 0.00000117. The normalized spacial score (nSPS) is 14.0. The summed E-state index contributed by atoms with van der Waals surface area (Å²) in [4.78, 5) is 19.9. The van der Waals surface area contributed by atoms with E-state index in [1.807, 2.05) is 6.20 Å². The van der Waals surface area contributed by atoms with Gasteiger partial charge in [0.05, 0.1) is 17.4 Å². The van der Waals surface area contributed by atoms with Crippen molar-refractivity contribution in [2.24, 2.45) is 0 Å². The topological polar surface area (TPSA) is 83.6 Å². The summed E-state index contributed by atoms with van der Waals surface area (Å²) in [6.07, 6.45) is 7.02. The number of pyridine rings is 2. The zero-order valence-corrected chi connectivity index (χ0v) is 16.2. The van der Waals surface area contributed by atoms with Crippen molar-refractivity contribution < 1.29 is 13.6 Å². The van der Waals surface area contributed by atoms with Crippen molar-refractivity contribution in [3.63, 3.8) is 0 Å². The van der Waals surface area contributed by atoms with E-state index in [0.717, 1.165) is 36.2 Å². The molecule has 150 valence electrons. The summed E-state index contributed by atoms with van der Waals surface area (Å²) < 4.78 is 29.6. The van der Waals surface area contributed by atoms with Crippen LogP contribution in [0.3, 0.4) is 0 Å². The smallest absolute Gasteiger partial charge is 0.286 e. The molecule has 0 radical (unpaired) electrons. The Bertz CT molecular complexity index is 1060. The van der Waals surface area contributed by atoms with E-state index in [4.69, 9.17) is 5.26 Å². The minimum Gasteiger partial charge on any atom is -0.342 e. The molecule has 0 atom stereocenters. The van der Waals surface area contributed by atoms with Crippen molar-refractivity contribution in [3.8, 4) is 17.8 Å². The molecule has 3 aromatic heterocycles. The summed E-state index contributed by atoms with van der Waals surface area (Å²) >= 11 is 0. The molecule has 29 heavy (non-hydrogen) atoms. The zero-order chi connectivity index (χ0) is 21.2. The molecule has 6 nitrogen and oxygen atoms in total. The standard InChI is InChI=1S/C20H20F2N4O.CHN/c1-12(27)24-19-9-14-15(16-7-4-8-18(25-16)20(2,21)22)11-26(13-5-3-6-13)17(14)10-23-19;1-2/h4,7-11,13H,3,5-6H2,1-2H3,(H,23,24,27);1H. The third kappa shape index (κ3) is 4.09. The predicted molar refractivity (Wildman–Crippen MR) is 106 cm³/mol. The highest BCUT2D eigenvalue weighted by Crippen LogP contribution is 2.39. The number of nitrogens with zero attached hydrogens (tertiary/aromatic N) is 4. The summed E-state index contributed by atoms with van der Waals surface area (Å²) in [5.41, 5.74) is 1.90. The van der Waals surface area contributed by atoms with Crippen molar-refractivity contribution in [2.45, 2.75) is 45.1 Å². The number of carbonyl (C=O) groups excluding carboxylic acids is 1. The Morgan fingerprint density at radius 3 is 2.66 bits per heavy atom. The lowest BCUT2D eigenvalue weighted by molar-refractivity contribution is -0.114. The molecule has 0 unspecified atom stereocenters. The van der Waals surface area contributed by atoms with Crippen molar-refractivity contribution in [2.75, 3.05) is 5.32 Å². The van der Waals surface area contributed by atoms with Gasteiger partial charge in [0.2, 0.25) is 5.91 Å². The molecule has 0 aromatic carbocycles. The van der Waals surface area contributed by atoms with Crippen LogP contribution in [0.25, 0.3) is 22.2 Å². The number of nitriles is 1.